The van der Waals surface area contributed by atoms with Gasteiger partial charge in [-0.2, -0.15) is 0 Å². The molecule has 10 rings (SSSR count). The molecule has 2 fully saturated rings. The summed E-state index contributed by atoms with van der Waals surface area (Å²) in [4.78, 5) is 109. The zero-order valence-electron chi connectivity index (χ0n) is 49.0. The van der Waals surface area contributed by atoms with E-state index in [9.17, 15) is 38.0 Å². The van der Waals surface area contributed by atoms with Gasteiger partial charge in [-0.25, -0.2) is 10.3 Å². The monoisotopic (exact) mass is 1210 g/mol. The molecule has 1 N–H and O–H groups in total. The number of nitrogens with zero attached hydrogens (tertiary/aromatic N) is 6. The van der Waals surface area contributed by atoms with Crippen molar-refractivity contribution in [2.75, 3.05) is 101 Å². The van der Waals surface area contributed by atoms with E-state index in [0.29, 0.717) is 96.9 Å². The second kappa shape index (κ2) is 27.4. The van der Waals surface area contributed by atoms with Crippen molar-refractivity contribution < 1.29 is 76.0 Å². The number of anilines is 4. The normalized spacial score (nSPS) is 16.9. The summed E-state index contributed by atoms with van der Waals surface area (Å²) in [7, 11) is 4.51. The minimum atomic E-state index is -0.933. The molecule has 0 radical (unpaired) electrons. The summed E-state index contributed by atoms with van der Waals surface area (Å²) >= 11 is 1.30. The Hall–Kier alpha value is -8.58. The van der Waals surface area contributed by atoms with Crippen molar-refractivity contribution in [2.24, 2.45) is 4.99 Å². The molecule has 2 saturated heterocycles. The molecular weight excluding hydrogens is 1150 g/mol. The molecular formula is C63H68FN7O15S. The van der Waals surface area contributed by atoms with Gasteiger partial charge >= 0.3 is 5.97 Å². The minimum absolute atomic E-state index is 0.0283. The number of amides is 6. The lowest BCUT2D eigenvalue weighted by Gasteiger charge is -2.35. The molecule has 24 heteroatoms. The second-order valence-electron chi connectivity index (χ2n) is 21.8. The number of methoxy groups -OCH3 is 3. The van der Waals surface area contributed by atoms with Gasteiger partial charge in [0, 0.05) is 99.1 Å². The van der Waals surface area contributed by atoms with E-state index >= 15 is 0 Å². The first-order valence-electron chi connectivity index (χ1n) is 28.6. The van der Waals surface area contributed by atoms with Gasteiger partial charge in [0.15, 0.2) is 23.0 Å². The van der Waals surface area contributed by atoms with Crippen LogP contribution in [0.5, 0.6) is 23.0 Å². The summed E-state index contributed by atoms with van der Waals surface area (Å²) in [5.74, 6) is -2.88. The molecule has 5 aliphatic heterocycles. The summed E-state index contributed by atoms with van der Waals surface area (Å²) in [6.07, 6.45) is 2.34. The molecule has 1 unspecified atom stereocenters. The third-order valence-corrected chi connectivity index (χ3v) is 16.8. The molecule has 5 heterocycles. The van der Waals surface area contributed by atoms with Crippen LogP contribution in [0.15, 0.2) is 96.0 Å². The van der Waals surface area contributed by atoms with E-state index in [1.54, 1.807) is 40.8 Å². The van der Waals surface area contributed by atoms with Crippen molar-refractivity contribution in [3.63, 3.8) is 0 Å². The van der Waals surface area contributed by atoms with E-state index in [0.717, 1.165) is 27.4 Å². The summed E-state index contributed by atoms with van der Waals surface area (Å²) < 4.78 is 55.7. The number of hydrogen-bond donors (Lipinski definition) is 1. The maximum absolute atomic E-state index is 14.8. The van der Waals surface area contributed by atoms with Gasteiger partial charge in [-0.15, -0.1) is 21.3 Å². The number of imide groups is 2. The van der Waals surface area contributed by atoms with Crippen LogP contribution in [-0.2, 0) is 69.1 Å². The predicted molar refractivity (Wildman–Crippen MR) is 321 cm³/mol. The highest BCUT2D eigenvalue weighted by Crippen LogP contribution is 2.43. The highest BCUT2D eigenvalue weighted by molar-refractivity contribution is 8.02. The number of halogens is 1. The fraction of sp³-hybridized carbons (Fsp3) is 0.397. The summed E-state index contributed by atoms with van der Waals surface area (Å²) in [5.41, 5.74) is 7.99. The minimum Gasteiger partial charge on any atom is -0.493 e. The number of aliphatic imine (C=N–C) groups is 1. The zero-order chi connectivity index (χ0) is 61.4. The van der Waals surface area contributed by atoms with Crippen LogP contribution in [0.1, 0.15) is 82.5 Å². The molecule has 0 saturated carbocycles. The number of rotatable bonds is 28. The SMILES string of the molecule is COCCOCCOCCN(CC(C)(C)SC1CC(=O)N(CCC(=O)ON2C(=O)CCC2=O)C1=O)c1cc(COc2cc3c(cc2OC)C(=O)N2c4ccccc4C[C@H]2C=N3)cc(COc2cc(NF)c(C(=O)N3CCc4ccccc43)cc2OC)c1. The molecule has 6 amide bonds. The number of nitrogens with one attached hydrogen (secondary N) is 1. The molecule has 0 spiro atoms. The van der Waals surface area contributed by atoms with E-state index < -0.39 is 51.9 Å². The quantitative estimate of drug-likeness (QED) is 0.0286. The van der Waals surface area contributed by atoms with Crippen molar-refractivity contribution in [1.82, 2.24) is 9.96 Å². The standard InChI is InChI=1S/C63H68FN7O15S/c1-63(2,87-55-34-58(74)69(62(55)78)19-17-59(75)86-71-56(72)14-15-57(71)73)38-67(20-21-82-24-25-83-23-22-79-3)43-27-39(36-84-53-32-47-45(30-51(53)80-4)61(77)70-44(35-65-47)29-42-11-7-9-13-50(42)70)26-40(28-43)37-85-54-33-48(66-64)46(31-52(54)81-5)60(76)68-18-16-41-10-6-8-12-49(41)68/h6-13,26-28,30-33,35,44,55,66H,14-25,29,34,36-38H2,1-5H3/t44-,55?/m0/s1. The van der Waals surface area contributed by atoms with Crippen LogP contribution in [0.25, 0.3) is 0 Å². The third-order valence-electron chi connectivity index (χ3n) is 15.4. The fourth-order valence-electron chi connectivity index (χ4n) is 11.2. The lowest BCUT2D eigenvalue weighted by molar-refractivity contribution is -0.197. The molecule has 22 nitrogen and oxygen atoms in total. The third kappa shape index (κ3) is 14.0. The van der Waals surface area contributed by atoms with Gasteiger partial charge in [-0.3, -0.25) is 43.6 Å². The number of para-hydroxylation sites is 2. The van der Waals surface area contributed by atoms with Gasteiger partial charge in [0.1, 0.15) is 13.2 Å². The number of thioether (sulfide) groups is 1. The van der Waals surface area contributed by atoms with E-state index in [4.69, 9.17) is 43.0 Å². The first-order valence-corrected chi connectivity index (χ1v) is 29.5. The number of benzene rings is 5. The van der Waals surface area contributed by atoms with E-state index in [2.05, 4.69) is 4.90 Å². The number of hydroxylamine groups is 2. The topological polar surface area (TPSA) is 234 Å². The molecule has 0 aliphatic carbocycles. The van der Waals surface area contributed by atoms with Crippen LogP contribution < -0.4 is 39.2 Å². The average molecular weight is 1210 g/mol. The Morgan fingerprint density at radius 3 is 2.09 bits per heavy atom. The van der Waals surface area contributed by atoms with Gasteiger partial charge in [0.2, 0.25) is 11.8 Å². The number of likely N-dealkylation sites (tertiary alicyclic amines) is 1. The summed E-state index contributed by atoms with van der Waals surface area (Å²) in [6.45, 7) is 6.19. The zero-order valence-corrected chi connectivity index (χ0v) is 49.8. The fourth-order valence-corrected chi connectivity index (χ4v) is 12.6. The summed E-state index contributed by atoms with van der Waals surface area (Å²) in [6, 6.07) is 27.0. The van der Waals surface area contributed by atoms with Crippen LogP contribution in [-0.4, -0.2) is 154 Å². The average Bonchev–Trinajstić information content (AvgIpc) is 1.90. The van der Waals surface area contributed by atoms with Crippen LogP contribution in [0.4, 0.5) is 32.9 Å². The largest absolute Gasteiger partial charge is 0.493 e. The first kappa shape index (κ1) is 61.5. The van der Waals surface area contributed by atoms with Gasteiger partial charge in [-0.05, 0) is 85.0 Å². The van der Waals surface area contributed by atoms with Gasteiger partial charge < -0.3 is 47.8 Å². The molecule has 5 aromatic carbocycles. The lowest BCUT2D eigenvalue weighted by atomic mass is 10.1. The van der Waals surface area contributed by atoms with Crippen LogP contribution in [0.2, 0.25) is 0 Å². The number of fused-ring (bicyclic) bond motifs is 5. The smallest absolute Gasteiger partial charge is 0.335 e. The number of hydrogen-bond acceptors (Lipinski definition) is 19. The highest BCUT2D eigenvalue weighted by atomic mass is 32.2. The summed E-state index contributed by atoms with van der Waals surface area (Å²) in [5, 5.41) is -0.389. The van der Waals surface area contributed by atoms with Crippen molar-refractivity contribution in [3.8, 4) is 23.0 Å². The number of ether oxygens (including phenoxy) is 7. The Labute approximate surface area is 506 Å². The van der Waals surface area contributed by atoms with Gasteiger partial charge in [0.25, 0.3) is 23.6 Å². The van der Waals surface area contributed by atoms with E-state index in [1.165, 1.54) is 38.1 Å². The van der Waals surface area contributed by atoms with Crippen LogP contribution >= 0.6 is 11.8 Å². The molecule has 5 aliphatic rings. The van der Waals surface area contributed by atoms with Crippen LogP contribution in [0, 0.1) is 0 Å². The van der Waals surface area contributed by atoms with Crippen molar-refractivity contribution in [1.29, 1.82) is 0 Å². The molecule has 458 valence electrons. The highest BCUT2D eigenvalue weighted by Gasteiger charge is 2.43. The molecule has 0 aromatic heterocycles. The Morgan fingerprint density at radius 2 is 1.39 bits per heavy atom. The maximum Gasteiger partial charge on any atom is 0.335 e. The number of carbonyl (C=O) groups is 7. The van der Waals surface area contributed by atoms with E-state index in [-0.39, 0.29) is 86.9 Å². The Bertz CT molecular complexity index is 3480. The molecule has 0 bridgehead atoms. The number of carbonyl (C=O) groups excluding carboxylic acids is 7. The van der Waals surface area contributed by atoms with Crippen LogP contribution in [0.3, 0.4) is 0 Å². The van der Waals surface area contributed by atoms with Crippen molar-refractivity contribution in [2.45, 2.75) is 81.6 Å². The van der Waals surface area contributed by atoms with Gasteiger partial charge in [0.05, 0.1) is 87.5 Å². The van der Waals surface area contributed by atoms with Crippen molar-refractivity contribution >= 4 is 87.8 Å². The second-order valence-corrected chi connectivity index (χ2v) is 23.7. The van der Waals surface area contributed by atoms with Gasteiger partial charge in [-0.1, -0.05) is 36.4 Å². The van der Waals surface area contributed by atoms with E-state index in [1.807, 2.05) is 80.6 Å². The Morgan fingerprint density at radius 1 is 0.736 bits per heavy atom. The maximum atomic E-state index is 14.8. The first-order chi connectivity index (χ1) is 42.1. The lowest BCUT2D eigenvalue weighted by Crippen LogP contribution is -2.41. The molecule has 2 atom stereocenters. The Balaban J connectivity index is 0.929. The van der Waals surface area contributed by atoms with Crippen molar-refractivity contribution in [3.05, 3.63) is 124 Å². The Kier molecular flexibility index (Phi) is 19.4. The predicted octanol–water partition coefficient (Wildman–Crippen LogP) is 7.77. The molecule has 87 heavy (non-hydrogen) atoms. The molecule has 5 aromatic rings.